The first kappa shape index (κ1) is 24.2. The second kappa shape index (κ2) is 10.8. The molecule has 0 saturated carbocycles. The van der Waals surface area contributed by atoms with E-state index in [1.807, 2.05) is 25.1 Å². The summed E-state index contributed by atoms with van der Waals surface area (Å²) in [5, 5.41) is 6.27. The summed E-state index contributed by atoms with van der Waals surface area (Å²) in [5.74, 6) is 0.461. The van der Waals surface area contributed by atoms with Gasteiger partial charge in [-0.2, -0.15) is 13.2 Å². The number of nitrogens with zero attached hydrogens (tertiary/aromatic N) is 2. The van der Waals surface area contributed by atoms with E-state index in [1.165, 1.54) is 11.0 Å². The predicted octanol–water partition coefficient (Wildman–Crippen LogP) is 4.27. The number of benzene rings is 2. The Morgan fingerprint density at radius 3 is 2.48 bits per heavy atom. The van der Waals surface area contributed by atoms with Crippen molar-refractivity contribution in [3.8, 4) is 0 Å². The van der Waals surface area contributed by atoms with Gasteiger partial charge in [0.25, 0.3) is 5.91 Å². The molecule has 168 valence electrons. The molecule has 2 aromatic carbocycles. The highest BCUT2D eigenvalue weighted by Gasteiger charge is 2.30. The molecule has 31 heavy (non-hydrogen) atoms. The van der Waals surface area contributed by atoms with Crippen molar-refractivity contribution in [3.63, 3.8) is 0 Å². The van der Waals surface area contributed by atoms with Crippen LogP contribution in [0.25, 0.3) is 0 Å². The minimum absolute atomic E-state index is 0.0599. The van der Waals surface area contributed by atoms with Crippen LogP contribution in [0.5, 0.6) is 0 Å². The monoisotopic (exact) mass is 434 g/mol. The molecule has 1 amide bonds. The van der Waals surface area contributed by atoms with E-state index in [0.717, 1.165) is 17.7 Å². The number of hydrogen-bond donors (Lipinski definition) is 2. The van der Waals surface area contributed by atoms with Crippen LogP contribution in [0.4, 0.5) is 13.2 Å². The highest BCUT2D eigenvalue weighted by atomic mass is 19.4. The van der Waals surface area contributed by atoms with Gasteiger partial charge >= 0.3 is 6.18 Å². The second-order valence-corrected chi connectivity index (χ2v) is 7.40. The van der Waals surface area contributed by atoms with Crippen LogP contribution in [0.3, 0.4) is 0 Å². The number of alkyl halides is 3. The Labute approximate surface area is 181 Å². The molecular weight excluding hydrogens is 405 g/mol. The number of amides is 1. The Bertz CT molecular complexity index is 910. The van der Waals surface area contributed by atoms with Gasteiger partial charge in [-0.05, 0) is 55.7 Å². The molecule has 0 fully saturated rings. The third-order valence-electron chi connectivity index (χ3n) is 4.66. The van der Waals surface area contributed by atoms with Crippen LogP contribution < -0.4 is 10.6 Å². The normalized spacial score (nSPS) is 12.9. The molecule has 0 saturated heterocycles. The second-order valence-electron chi connectivity index (χ2n) is 7.40. The number of halogens is 3. The zero-order chi connectivity index (χ0) is 23.0. The number of nitrogens with one attached hydrogen (secondary N) is 2. The smallest absolute Gasteiger partial charge is 0.357 e. The Hall–Kier alpha value is -3.03. The van der Waals surface area contributed by atoms with Crippen molar-refractivity contribution in [2.45, 2.75) is 32.5 Å². The lowest BCUT2D eigenvalue weighted by Crippen LogP contribution is -2.39. The molecule has 0 spiro atoms. The molecule has 2 rings (SSSR count). The highest BCUT2D eigenvalue weighted by molar-refractivity contribution is 5.94. The molecule has 0 aliphatic carbocycles. The summed E-state index contributed by atoms with van der Waals surface area (Å²) in [4.78, 5) is 18.2. The molecule has 0 aromatic heterocycles. The van der Waals surface area contributed by atoms with Crippen molar-refractivity contribution in [1.82, 2.24) is 15.5 Å². The Morgan fingerprint density at radius 1 is 1.13 bits per heavy atom. The van der Waals surface area contributed by atoms with Crippen LogP contribution in [0.1, 0.15) is 46.9 Å². The summed E-state index contributed by atoms with van der Waals surface area (Å²) in [5.41, 5.74) is 1.45. The summed E-state index contributed by atoms with van der Waals surface area (Å²) in [7, 11) is 3.42. The fourth-order valence-corrected chi connectivity index (χ4v) is 3.01. The first-order valence-electron chi connectivity index (χ1n) is 10.1. The summed E-state index contributed by atoms with van der Waals surface area (Å²) in [6.07, 6.45) is -3.75. The lowest BCUT2D eigenvalue weighted by molar-refractivity contribution is -0.137. The maximum absolute atomic E-state index is 13.0. The molecule has 1 atom stereocenters. The fourth-order valence-electron chi connectivity index (χ4n) is 3.01. The van der Waals surface area contributed by atoms with Crippen LogP contribution in [0.2, 0.25) is 0 Å². The first-order chi connectivity index (χ1) is 14.6. The number of carbonyl (C=O) groups is 1. The van der Waals surface area contributed by atoms with Crippen LogP contribution in [-0.4, -0.2) is 44.0 Å². The number of hydrogen-bond acceptors (Lipinski definition) is 2. The molecule has 0 bridgehead atoms. The molecule has 2 aromatic rings. The van der Waals surface area contributed by atoms with E-state index in [4.69, 9.17) is 0 Å². The fraction of sp³-hybridized carbons (Fsp3) is 0.391. The Kier molecular flexibility index (Phi) is 8.47. The maximum Gasteiger partial charge on any atom is 0.416 e. The SMILES string of the molecule is CCNC(=NCCc1cccc(C(=O)N(C)C)c1)NC(C)c1cccc(C(F)(F)F)c1. The van der Waals surface area contributed by atoms with Gasteiger partial charge in [-0.25, -0.2) is 0 Å². The zero-order valence-electron chi connectivity index (χ0n) is 18.3. The van der Waals surface area contributed by atoms with Crippen molar-refractivity contribution in [1.29, 1.82) is 0 Å². The highest BCUT2D eigenvalue weighted by Crippen LogP contribution is 2.30. The topological polar surface area (TPSA) is 56.7 Å². The molecule has 0 radical (unpaired) electrons. The van der Waals surface area contributed by atoms with E-state index < -0.39 is 11.7 Å². The Balaban J connectivity index is 2.06. The van der Waals surface area contributed by atoms with Crippen molar-refractivity contribution in [2.75, 3.05) is 27.2 Å². The van der Waals surface area contributed by atoms with Gasteiger partial charge in [0.05, 0.1) is 11.6 Å². The molecular formula is C23H29F3N4O. The lowest BCUT2D eigenvalue weighted by atomic mass is 10.1. The molecule has 0 heterocycles. The molecule has 1 unspecified atom stereocenters. The van der Waals surface area contributed by atoms with E-state index in [1.54, 1.807) is 33.2 Å². The van der Waals surface area contributed by atoms with Crippen molar-refractivity contribution < 1.29 is 18.0 Å². The van der Waals surface area contributed by atoms with E-state index in [-0.39, 0.29) is 11.9 Å². The van der Waals surface area contributed by atoms with Gasteiger partial charge in [0.2, 0.25) is 0 Å². The van der Waals surface area contributed by atoms with Crippen molar-refractivity contribution >= 4 is 11.9 Å². The van der Waals surface area contributed by atoms with Crippen molar-refractivity contribution in [3.05, 3.63) is 70.8 Å². The number of aliphatic imine (C=N–C) groups is 1. The van der Waals surface area contributed by atoms with E-state index in [9.17, 15) is 18.0 Å². The quantitative estimate of drug-likeness (QED) is 0.506. The van der Waals surface area contributed by atoms with Crippen molar-refractivity contribution in [2.24, 2.45) is 4.99 Å². The maximum atomic E-state index is 13.0. The number of guanidine groups is 1. The molecule has 8 heteroatoms. The van der Waals surface area contributed by atoms with Gasteiger partial charge in [0.15, 0.2) is 5.96 Å². The number of rotatable bonds is 7. The van der Waals surface area contributed by atoms with E-state index in [0.29, 0.717) is 36.6 Å². The van der Waals surface area contributed by atoms with Crippen LogP contribution in [0.15, 0.2) is 53.5 Å². The summed E-state index contributed by atoms with van der Waals surface area (Å²) < 4.78 is 39.0. The van der Waals surface area contributed by atoms with E-state index in [2.05, 4.69) is 15.6 Å². The molecule has 5 nitrogen and oxygen atoms in total. The van der Waals surface area contributed by atoms with Gasteiger partial charge in [0.1, 0.15) is 0 Å². The third-order valence-corrected chi connectivity index (χ3v) is 4.66. The molecule has 2 N–H and O–H groups in total. The summed E-state index contributed by atoms with van der Waals surface area (Å²) in [6.45, 7) is 4.79. The Morgan fingerprint density at radius 2 is 1.84 bits per heavy atom. The average molecular weight is 435 g/mol. The third kappa shape index (κ3) is 7.31. The minimum atomic E-state index is -4.38. The lowest BCUT2D eigenvalue weighted by Gasteiger charge is -2.19. The van der Waals surface area contributed by atoms with Crippen LogP contribution in [0, 0.1) is 0 Å². The van der Waals surface area contributed by atoms with Crippen LogP contribution >= 0.6 is 0 Å². The molecule has 0 aliphatic rings. The number of carbonyl (C=O) groups excluding carboxylic acids is 1. The van der Waals surface area contributed by atoms with Gasteiger partial charge in [-0.15, -0.1) is 0 Å². The van der Waals surface area contributed by atoms with E-state index >= 15 is 0 Å². The largest absolute Gasteiger partial charge is 0.416 e. The first-order valence-corrected chi connectivity index (χ1v) is 10.1. The standard InChI is InChI=1S/C23H29F3N4O/c1-5-27-22(29-16(2)18-9-7-11-20(15-18)23(24,25)26)28-13-12-17-8-6-10-19(14-17)21(31)30(3)4/h6-11,14-16H,5,12-13H2,1-4H3,(H2,27,28,29). The average Bonchev–Trinajstić information content (AvgIpc) is 2.73. The predicted molar refractivity (Wildman–Crippen MR) is 117 cm³/mol. The van der Waals surface area contributed by atoms with Gasteiger partial charge in [0, 0.05) is 32.7 Å². The van der Waals surface area contributed by atoms with Gasteiger partial charge < -0.3 is 15.5 Å². The van der Waals surface area contributed by atoms with Crippen LogP contribution in [-0.2, 0) is 12.6 Å². The summed E-state index contributed by atoms with van der Waals surface area (Å²) in [6, 6.07) is 12.3. The minimum Gasteiger partial charge on any atom is -0.357 e. The van der Waals surface area contributed by atoms with Gasteiger partial charge in [-0.1, -0.05) is 24.3 Å². The zero-order valence-corrected chi connectivity index (χ0v) is 18.3. The molecule has 0 aliphatic heterocycles. The summed E-state index contributed by atoms with van der Waals surface area (Å²) >= 11 is 0. The van der Waals surface area contributed by atoms with Gasteiger partial charge in [-0.3, -0.25) is 9.79 Å².